The van der Waals surface area contributed by atoms with Crippen molar-refractivity contribution < 1.29 is 0 Å². The van der Waals surface area contributed by atoms with Crippen LogP contribution in [0.15, 0.2) is 41.8 Å². The van der Waals surface area contributed by atoms with Crippen LogP contribution < -0.4 is 0 Å². The highest BCUT2D eigenvalue weighted by atomic mass is 32.2. The molecule has 0 bridgehead atoms. The van der Waals surface area contributed by atoms with E-state index in [0.717, 1.165) is 22.0 Å². The van der Waals surface area contributed by atoms with Crippen molar-refractivity contribution in [2.75, 3.05) is 0 Å². The van der Waals surface area contributed by atoms with Crippen molar-refractivity contribution in [2.24, 2.45) is 0 Å². The fraction of sp³-hybridized carbons (Fsp3) is 0.154. The topological polar surface area (TPSA) is 49.6 Å². The Morgan fingerprint density at radius 1 is 1.18 bits per heavy atom. The molecule has 0 aliphatic heterocycles. The molecule has 0 aliphatic rings. The lowest BCUT2D eigenvalue weighted by Gasteiger charge is -2.00. The maximum Gasteiger partial charge on any atom is 0.187 e. The van der Waals surface area contributed by atoms with Crippen molar-refractivity contribution in [3.8, 4) is 6.07 Å². The zero-order chi connectivity index (χ0) is 12.1. The van der Waals surface area contributed by atoms with Gasteiger partial charge in [-0.15, -0.1) is 0 Å². The smallest absolute Gasteiger partial charge is 0.187 e. The molecule has 0 radical (unpaired) electrons. The second-order valence-electron chi connectivity index (χ2n) is 3.64. The molecular formula is C13H11N3S. The van der Waals surface area contributed by atoms with E-state index in [2.05, 4.69) is 16.0 Å². The second kappa shape index (κ2) is 5.46. The van der Waals surface area contributed by atoms with Gasteiger partial charge in [-0.3, -0.25) is 0 Å². The Labute approximate surface area is 105 Å². The number of benzene rings is 1. The van der Waals surface area contributed by atoms with Crippen molar-refractivity contribution >= 4 is 11.8 Å². The fourth-order valence-electron chi connectivity index (χ4n) is 1.28. The highest BCUT2D eigenvalue weighted by molar-refractivity contribution is 7.98. The standard InChI is InChI=1S/C13H11N3S/c1-10-7-15-13(16-8-10)17-9-12-4-2-11(6-14)3-5-12/h2-5,7-8H,9H2,1H3. The molecule has 0 amide bonds. The van der Waals surface area contributed by atoms with E-state index in [9.17, 15) is 0 Å². The summed E-state index contributed by atoms with van der Waals surface area (Å²) in [4.78, 5) is 8.45. The van der Waals surface area contributed by atoms with Gasteiger partial charge in [-0.25, -0.2) is 9.97 Å². The van der Waals surface area contributed by atoms with E-state index in [4.69, 9.17) is 5.26 Å². The maximum atomic E-state index is 8.69. The molecule has 1 aromatic carbocycles. The number of hydrogen-bond acceptors (Lipinski definition) is 4. The Morgan fingerprint density at radius 2 is 1.82 bits per heavy atom. The average molecular weight is 241 g/mol. The molecule has 1 aromatic heterocycles. The van der Waals surface area contributed by atoms with Gasteiger partial charge in [0, 0.05) is 18.1 Å². The van der Waals surface area contributed by atoms with Crippen molar-refractivity contribution in [2.45, 2.75) is 17.8 Å². The normalized spacial score (nSPS) is 9.88. The third kappa shape index (κ3) is 3.30. The first-order valence-corrected chi connectivity index (χ1v) is 6.17. The van der Waals surface area contributed by atoms with Crippen LogP contribution in [0.4, 0.5) is 0 Å². The first kappa shape index (κ1) is 11.6. The van der Waals surface area contributed by atoms with E-state index in [0.29, 0.717) is 5.56 Å². The molecule has 2 aromatic rings. The molecule has 0 fully saturated rings. The van der Waals surface area contributed by atoms with Gasteiger partial charge in [0.15, 0.2) is 5.16 Å². The predicted molar refractivity (Wildman–Crippen MR) is 67.5 cm³/mol. The number of hydrogen-bond donors (Lipinski definition) is 0. The van der Waals surface area contributed by atoms with Crippen LogP contribution in [-0.2, 0) is 5.75 Å². The number of rotatable bonds is 3. The SMILES string of the molecule is Cc1cnc(SCc2ccc(C#N)cc2)nc1. The zero-order valence-corrected chi connectivity index (χ0v) is 10.2. The average Bonchev–Trinajstić information content (AvgIpc) is 2.39. The summed E-state index contributed by atoms with van der Waals surface area (Å²) in [5.41, 5.74) is 2.91. The monoisotopic (exact) mass is 241 g/mol. The molecule has 3 nitrogen and oxygen atoms in total. The first-order chi connectivity index (χ1) is 8.28. The Kier molecular flexibility index (Phi) is 3.73. The van der Waals surface area contributed by atoms with Crippen LogP contribution in [0.1, 0.15) is 16.7 Å². The van der Waals surface area contributed by atoms with Gasteiger partial charge in [0.25, 0.3) is 0 Å². The third-order valence-electron chi connectivity index (χ3n) is 2.21. The summed E-state index contributed by atoms with van der Waals surface area (Å²) in [6.07, 6.45) is 3.63. The summed E-state index contributed by atoms with van der Waals surface area (Å²) in [6.45, 7) is 1.97. The molecule has 4 heteroatoms. The minimum absolute atomic E-state index is 0.685. The Balaban J connectivity index is 1.98. The van der Waals surface area contributed by atoms with E-state index in [-0.39, 0.29) is 0 Å². The van der Waals surface area contributed by atoms with E-state index in [1.54, 1.807) is 11.8 Å². The molecule has 0 saturated carbocycles. The van der Waals surface area contributed by atoms with Gasteiger partial charge in [0.2, 0.25) is 0 Å². The molecule has 0 saturated heterocycles. The summed E-state index contributed by atoms with van der Waals surface area (Å²) < 4.78 is 0. The van der Waals surface area contributed by atoms with Gasteiger partial charge in [0.1, 0.15) is 0 Å². The quantitative estimate of drug-likeness (QED) is 0.612. The van der Waals surface area contributed by atoms with Gasteiger partial charge < -0.3 is 0 Å². The highest BCUT2D eigenvalue weighted by Gasteiger charge is 1.99. The van der Waals surface area contributed by atoms with Crippen molar-refractivity contribution in [3.05, 3.63) is 53.3 Å². The van der Waals surface area contributed by atoms with Crippen LogP contribution in [-0.4, -0.2) is 9.97 Å². The summed E-state index contributed by atoms with van der Waals surface area (Å²) in [6, 6.07) is 9.67. The van der Waals surface area contributed by atoms with Crippen LogP contribution in [0.25, 0.3) is 0 Å². The molecule has 0 atom stereocenters. The summed E-state index contributed by atoms with van der Waals surface area (Å²) in [5, 5.41) is 9.46. The Bertz CT molecular complexity index is 526. The van der Waals surface area contributed by atoms with Crippen LogP contribution in [0.3, 0.4) is 0 Å². The summed E-state index contributed by atoms with van der Waals surface area (Å²) in [7, 11) is 0. The largest absolute Gasteiger partial charge is 0.231 e. The van der Waals surface area contributed by atoms with Crippen molar-refractivity contribution in [1.29, 1.82) is 5.26 Å². The number of nitrogens with zero attached hydrogens (tertiary/aromatic N) is 3. The lowest BCUT2D eigenvalue weighted by molar-refractivity contribution is 0.949. The van der Waals surface area contributed by atoms with Crippen LogP contribution in [0, 0.1) is 18.3 Å². The number of aromatic nitrogens is 2. The van der Waals surface area contributed by atoms with E-state index in [1.165, 1.54) is 0 Å². The van der Waals surface area contributed by atoms with Crippen LogP contribution in [0.5, 0.6) is 0 Å². The van der Waals surface area contributed by atoms with Crippen molar-refractivity contribution in [3.63, 3.8) is 0 Å². The van der Waals surface area contributed by atoms with E-state index in [1.807, 2.05) is 43.6 Å². The second-order valence-corrected chi connectivity index (χ2v) is 4.58. The number of nitriles is 1. The number of thioether (sulfide) groups is 1. The fourth-order valence-corrected chi connectivity index (χ4v) is 2.02. The van der Waals surface area contributed by atoms with Gasteiger partial charge in [0.05, 0.1) is 11.6 Å². The van der Waals surface area contributed by atoms with Crippen LogP contribution in [0.2, 0.25) is 0 Å². The van der Waals surface area contributed by atoms with E-state index >= 15 is 0 Å². The molecule has 84 valence electrons. The molecule has 0 N–H and O–H groups in total. The minimum Gasteiger partial charge on any atom is -0.231 e. The minimum atomic E-state index is 0.685. The van der Waals surface area contributed by atoms with Gasteiger partial charge in [-0.1, -0.05) is 23.9 Å². The van der Waals surface area contributed by atoms with Gasteiger partial charge >= 0.3 is 0 Å². The maximum absolute atomic E-state index is 8.69. The molecular weight excluding hydrogens is 230 g/mol. The molecule has 0 unspecified atom stereocenters. The van der Waals surface area contributed by atoms with Gasteiger partial charge in [-0.05, 0) is 30.2 Å². The molecule has 17 heavy (non-hydrogen) atoms. The summed E-state index contributed by atoms with van der Waals surface area (Å²) in [5.74, 6) is 0.814. The molecule has 0 spiro atoms. The van der Waals surface area contributed by atoms with Crippen LogP contribution >= 0.6 is 11.8 Å². The predicted octanol–water partition coefficient (Wildman–Crippen LogP) is 2.95. The Hall–Kier alpha value is -1.86. The van der Waals surface area contributed by atoms with Gasteiger partial charge in [-0.2, -0.15) is 5.26 Å². The van der Waals surface area contributed by atoms with E-state index < -0.39 is 0 Å². The molecule has 0 aliphatic carbocycles. The number of aryl methyl sites for hydroxylation is 1. The lowest BCUT2D eigenvalue weighted by atomic mass is 10.2. The highest BCUT2D eigenvalue weighted by Crippen LogP contribution is 2.18. The van der Waals surface area contributed by atoms with Crippen molar-refractivity contribution in [1.82, 2.24) is 9.97 Å². The zero-order valence-electron chi connectivity index (χ0n) is 9.42. The first-order valence-electron chi connectivity index (χ1n) is 5.18. The third-order valence-corrected chi connectivity index (χ3v) is 3.15. The molecule has 1 heterocycles. The Morgan fingerprint density at radius 3 is 2.41 bits per heavy atom. The lowest BCUT2D eigenvalue weighted by Crippen LogP contribution is -1.88. The molecule has 2 rings (SSSR count). The summed E-state index contributed by atoms with van der Waals surface area (Å²) >= 11 is 1.59.